The van der Waals surface area contributed by atoms with E-state index in [4.69, 9.17) is 4.74 Å². The number of hydrogen-bond donors (Lipinski definition) is 0. The van der Waals surface area contributed by atoms with Gasteiger partial charge >= 0.3 is 0 Å². The minimum Gasteiger partial charge on any atom is -0.494 e. The number of nitrogens with zero attached hydrogens (tertiary/aromatic N) is 1. The van der Waals surface area contributed by atoms with E-state index in [1.165, 1.54) is 0 Å². The Hall–Kier alpha value is -1.77. The number of benzene rings is 1. The Morgan fingerprint density at radius 1 is 1.20 bits per heavy atom. The topological polar surface area (TPSA) is 29.5 Å². The summed E-state index contributed by atoms with van der Waals surface area (Å²) in [5, 5.41) is 0. The van der Waals surface area contributed by atoms with Crippen LogP contribution in [0, 0.1) is 0 Å². The van der Waals surface area contributed by atoms with Crippen LogP contribution in [0.25, 0.3) is 6.08 Å². The Kier molecular flexibility index (Phi) is 7.48. The lowest BCUT2D eigenvalue weighted by molar-refractivity contribution is -0.125. The van der Waals surface area contributed by atoms with E-state index in [-0.39, 0.29) is 5.91 Å². The monoisotopic (exact) mass is 275 g/mol. The van der Waals surface area contributed by atoms with Gasteiger partial charge < -0.3 is 9.64 Å². The van der Waals surface area contributed by atoms with Crippen molar-refractivity contribution in [3.63, 3.8) is 0 Å². The van der Waals surface area contributed by atoms with Crippen LogP contribution in [0.4, 0.5) is 0 Å². The number of likely N-dealkylation sites (N-methyl/N-ethyl adjacent to an activating group) is 1. The molecule has 20 heavy (non-hydrogen) atoms. The predicted molar refractivity (Wildman–Crippen MR) is 83.8 cm³/mol. The molecule has 0 aliphatic heterocycles. The van der Waals surface area contributed by atoms with Crippen LogP contribution >= 0.6 is 0 Å². The molecule has 3 heteroatoms. The lowest BCUT2D eigenvalue weighted by Crippen LogP contribution is -2.30. The molecule has 0 spiro atoms. The molecule has 1 aromatic carbocycles. The van der Waals surface area contributed by atoms with Gasteiger partial charge in [-0.1, -0.05) is 25.5 Å². The van der Waals surface area contributed by atoms with E-state index in [0.717, 1.165) is 37.2 Å². The van der Waals surface area contributed by atoms with Crippen LogP contribution in [-0.4, -0.2) is 30.5 Å². The van der Waals surface area contributed by atoms with E-state index in [0.29, 0.717) is 6.61 Å². The van der Waals surface area contributed by atoms with E-state index in [1.54, 1.807) is 6.08 Å². The van der Waals surface area contributed by atoms with Crippen molar-refractivity contribution >= 4 is 12.0 Å². The van der Waals surface area contributed by atoms with Crippen LogP contribution in [0.1, 0.15) is 39.2 Å². The Morgan fingerprint density at radius 2 is 1.90 bits per heavy atom. The van der Waals surface area contributed by atoms with Crippen molar-refractivity contribution in [2.75, 3.05) is 19.7 Å². The molecule has 0 aliphatic rings. The summed E-state index contributed by atoms with van der Waals surface area (Å²) in [5.41, 5.74) is 1.01. The van der Waals surface area contributed by atoms with E-state index in [9.17, 15) is 4.79 Å². The average Bonchev–Trinajstić information content (AvgIpc) is 2.47. The second-order valence-electron chi connectivity index (χ2n) is 4.61. The lowest BCUT2D eigenvalue weighted by atomic mass is 10.2. The zero-order valence-corrected chi connectivity index (χ0v) is 12.8. The van der Waals surface area contributed by atoms with E-state index in [1.807, 2.05) is 49.1 Å². The van der Waals surface area contributed by atoms with Gasteiger partial charge in [0.1, 0.15) is 5.75 Å². The summed E-state index contributed by atoms with van der Waals surface area (Å²) in [5.74, 6) is 0.934. The largest absolute Gasteiger partial charge is 0.494 e. The van der Waals surface area contributed by atoms with Crippen molar-refractivity contribution in [1.82, 2.24) is 4.90 Å². The Labute approximate surface area is 122 Å². The smallest absolute Gasteiger partial charge is 0.246 e. The second kappa shape index (κ2) is 9.18. The molecule has 110 valence electrons. The first-order valence-electron chi connectivity index (χ1n) is 7.41. The third kappa shape index (κ3) is 5.47. The Morgan fingerprint density at radius 3 is 2.45 bits per heavy atom. The number of hydrogen-bond acceptors (Lipinski definition) is 2. The summed E-state index contributed by atoms with van der Waals surface area (Å²) < 4.78 is 5.39. The first-order chi connectivity index (χ1) is 9.71. The van der Waals surface area contributed by atoms with E-state index >= 15 is 0 Å². The summed E-state index contributed by atoms with van der Waals surface area (Å²) in [6, 6.07) is 7.75. The maximum atomic E-state index is 12.0. The van der Waals surface area contributed by atoms with Crippen molar-refractivity contribution in [3.8, 4) is 5.75 Å². The fourth-order valence-corrected chi connectivity index (χ4v) is 1.89. The highest BCUT2D eigenvalue weighted by molar-refractivity contribution is 5.91. The number of ether oxygens (including phenoxy) is 1. The third-order valence-corrected chi connectivity index (χ3v) is 3.08. The van der Waals surface area contributed by atoms with Gasteiger partial charge in [-0.2, -0.15) is 0 Å². The van der Waals surface area contributed by atoms with Crippen molar-refractivity contribution in [2.45, 2.75) is 33.6 Å². The molecule has 0 N–H and O–H groups in total. The fourth-order valence-electron chi connectivity index (χ4n) is 1.89. The Bertz CT molecular complexity index is 423. The quantitative estimate of drug-likeness (QED) is 0.676. The van der Waals surface area contributed by atoms with Crippen LogP contribution in [0.5, 0.6) is 5.75 Å². The second-order valence-corrected chi connectivity index (χ2v) is 4.61. The molecule has 0 radical (unpaired) electrons. The molecule has 0 atom stereocenters. The summed E-state index contributed by atoms with van der Waals surface area (Å²) in [4.78, 5) is 13.9. The molecule has 1 rings (SSSR count). The van der Waals surface area contributed by atoms with E-state index < -0.39 is 0 Å². The van der Waals surface area contributed by atoms with Crippen LogP contribution < -0.4 is 4.74 Å². The first kappa shape index (κ1) is 16.3. The van der Waals surface area contributed by atoms with Crippen molar-refractivity contribution in [2.24, 2.45) is 0 Å². The molecule has 0 saturated heterocycles. The van der Waals surface area contributed by atoms with Crippen molar-refractivity contribution < 1.29 is 9.53 Å². The Balaban J connectivity index is 2.59. The van der Waals surface area contributed by atoms with Crippen LogP contribution in [0.15, 0.2) is 30.3 Å². The molecule has 0 saturated carbocycles. The minimum absolute atomic E-state index is 0.0786. The van der Waals surface area contributed by atoms with Gasteiger partial charge in [0.2, 0.25) is 5.91 Å². The normalized spacial score (nSPS) is 10.8. The molecule has 1 amide bonds. The molecular formula is C17H25NO2. The van der Waals surface area contributed by atoms with Gasteiger partial charge in [0, 0.05) is 19.2 Å². The van der Waals surface area contributed by atoms with Crippen molar-refractivity contribution in [3.05, 3.63) is 35.9 Å². The number of carbonyl (C=O) groups excluding carboxylic acids is 1. The lowest BCUT2D eigenvalue weighted by Gasteiger charge is -2.18. The van der Waals surface area contributed by atoms with Gasteiger partial charge in [-0.3, -0.25) is 4.79 Å². The zero-order chi connectivity index (χ0) is 14.8. The highest BCUT2D eigenvalue weighted by Gasteiger charge is 2.06. The van der Waals surface area contributed by atoms with Crippen LogP contribution in [-0.2, 0) is 4.79 Å². The fraction of sp³-hybridized carbons (Fsp3) is 0.471. The van der Waals surface area contributed by atoms with Gasteiger partial charge in [0.25, 0.3) is 0 Å². The summed E-state index contributed by atoms with van der Waals surface area (Å²) in [6.45, 7) is 8.36. The number of rotatable bonds is 8. The van der Waals surface area contributed by atoms with Gasteiger partial charge in [-0.25, -0.2) is 0 Å². The van der Waals surface area contributed by atoms with E-state index in [2.05, 4.69) is 6.92 Å². The van der Waals surface area contributed by atoms with Crippen LogP contribution in [0.2, 0.25) is 0 Å². The first-order valence-corrected chi connectivity index (χ1v) is 7.41. The molecular weight excluding hydrogens is 250 g/mol. The third-order valence-electron chi connectivity index (χ3n) is 3.08. The van der Waals surface area contributed by atoms with Gasteiger partial charge in [-0.05, 0) is 44.0 Å². The molecule has 0 fully saturated rings. The maximum Gasteiger partial charge on any atom is 0.246 e. The van der Waals surface area contributed by atoms with Gasteiger partial charge in [0.05, 0.1) is 6.61 Å². The van der Waals surface area contributed by atoms with Gasteiger partial charge in [-0.15, -0.1) is 0 Å². The van der Waals surface area contributed by atoms with Gasteiger partial charge in [0.15, 0.2) is 0 Å². The van der Waals surface area contributed by atoms with Crippen molar-refractivity contribution in [1.29, 1.82) is 0 Å². The number of amides is 1. The maximum absolute atomic E-state index is 12.0. The molecule has 0 unspecified atom stereocenters. The minimum atomic E-state index is 0.0786. The zero-order valence-electron chi connectivity index (χ0n) is 12.8. The summed E-state index contributed by atoms with van der Waals surface area (Å²) in [6.07, 6.45) is 5.66. The summed E-state index contributed by atoms with van der Waals surface area (Å²) >= 11 is 0. The highest BCUT2D eigenvalue weighted by Crippen LogP contribution is 2.13. The predicted octanol–water partition coefficient (Wildman–Crippen LogP) is 3.75. The SMILES string of the molecule is CCCCN(CC)C(=O)/C=C/c1ccc(OCC)cc1. The molecule has 0 heterocycles. The highest BCUT2D eigenvalue weighted by atomic mass is 16.5. The standard InChI is InChI=1S/C17H25NO2/c1-4-7-14-18(5-2)17(19)13-10-15-8-11-16(12-9-15)20-6-3/h8-13H,4-7,14H2,1-3H3/b13-10+. The number of carbonyl (C=O) groups is 1. The molecule has 0 aromatic heterocycles. The molecule has 3 nitrogen and oxygen atoms in total. The van der Waals surface area contributed by atoms with Crippen LogP contribution in [0.3, 0.4) is 0 Å². The molecule has 0 bridgehead atoms. The molecule has 0 aliphatic carbocycles. The number of unbranched alkanes of at least 4 members (excludes halogenated alkanes) is 1. The summed E-state index contributed by atoms with van der Waals surface area (Å²) in [7, 11) is 0. The molecule has 1 aromatic rings. The average molecular weight is 275 g/mol.